The highest BCUT2D eigenvalue weighted by Gasteiger charge is 2.33. The van der Waals surface area contributed by atoms with Gasteiger partial charge in [-0.1, -0.05) is 55.7 Å². The molecule has 6 nitrogen and oxygen atoms in total. The van der Waals surface area contributed by atoms with Crippen LogP contribution < -0.4 is 14.8 Å². The molecule has 1 unspecified atom stereocenters. The predicted octanol–water partition coefficient (Wildman–Crippen LogP) is 5.24. The van der Waals surface area contributed by atoms with Crippen LogP contribution in [0, 0.1) is 0 Å². The zero-order valence-corrected chi connectivity index (χ0v) is 21.0. The Morgan fingerprint density at radius 1 is 1.06 bits per heavy atom. The van der Waals surface area contributed by atoms with E-state index in [1.165, 1.54) is 6.42 Å². The molecule has 1 atom stereocenters. The molecule has 34 heavy (non-hydrogen) atoms. The summed E-state index contributed by atoms with van der Waals surface area (Å²) in [6.07, 6.45) is 5.25. The second-order valence-electron chi connectivity index (χ2n) is 8.96. The number of benzene rings is 2. The van der Waals surface area contributed by atoms with Gasteiger partial charge in [0.2, 0.25) is 11.8 Å². The number of hydrogen-bond acceptors (Lipinski definition) is 4. The summed E-state index contributed by atoms with van der Waals surface area (Å²) in [5.74, 6) is 0.369. The number of alkyl halides is 1. The fourth-order valence-electron chi connectivity index (χ4n) is 4.39. The molecule has 184 valence electrons. The van der Waals surface area contributed by atoms with Gasteiger partial charge in [-0.2, -0.15) is 0 Å². The molecule has 0 radical (unpaired) electrons. The lowest BCUT2D eigenvalue weighted by Gasteiger charge is -2.33. The lowest BCUT2D eigenvalue weighted by molar-refractivity contribution is -0.140. The monoisotopic (exact) mass is 486 g/mol. The van der Waals surface area contributed by atoms with E-state index in [2.05, 4.69) is 5.32 Å². The zero-order valence-electron chi connectivity index (χ0n) is 20.3. The second kappa shape index (κ2) is 12.7. The van der Waals surface area contributed by atoms with Gasteiger partial charge in [-0.25, -0.2) is 0 Å². The molecule has 1 saturated carbocycles. The van der Waals surface area contributed by atoms with Crippen LogP contribution in [0.4, 0.5) is 0 Å². The first-order valence-corrected chi connectivity index (χ1v) is 12.5. The van der Waals surface area contributed by atoms with Crippen LogP contribution in [-0.2, 0) is 16.1 Å². The van der Waals surface area contributed by atoms with Gasteiger partial charge in [-0.05, 0) is 49.9 Å². The number of rotatable bonds is 10. The molecule has 3 rings (SSSR count). The molecule has 0 aliphatic heterocycles. The molecule has 1 aliphatic rings. The van der Waals surface area contributed by atoms with Crippen LogP contribution in [0.15, 0.2) is 48.5 Å². The van der Waals surface area contributed by atoms with Gasteiger partial charge in [0.25, 0.3) is 0 Å². The van der Waals surface area contributed by atoms with Crippen LogP contribution >= 0.6 is 11.6 Å². The predicted molar refractivity (Wildman–Crippen MR) is 134 cm³/mol. The molecule has 0 aromatic heterocycles. The van der Waals surface area contributed by atoms with Crippen LogP contribution in [0.1, 0.15) is 63.1 Å². The van der Waals surface area contributed by atoms with Crippen molar-refractivity contribution in [2.75, 3.05) is 13.0 Å². The minimum absolute atomic E-state index is 0.0300. The third-order valence-corrected chi connectivity index (χ3v) is 6.24. The number of amides is 2. The average molecular weight is 487 g/mol. The fourth-order valence-corrected chi connectivity index (χ4v) is 4.54. The molecule has 1 fully saturated rings. The smallest absolute Gasteiger partial charge is 0.247 e. The summed E-state index contributed by atoms with van der Waals surface area (Å²) in [4.78, 5) is 28.3. The molecule has 1 N–H and O–H groups in total. The van der Waals surface area contributed by atoms with Crippen molar-refractivity contribution in [2.45, 2.75) is 70.7 Å². The Labute approximate surface area is 207 Å². The number of nitrogens with zero attached hydrogens (tertiary/aromatic N) is 1. The van der Waals surface area contributed by atoms with Gasteiger partial charge in [0.05, 0.1) is 13.2 Å². The maximum Gasteiger partial charge on any atom is 0.247 e. The van der Waals surface area contributed by atoms with Crippen LogP contribution in [0.2, 0.25) is 0 Å². The third-order valence-electron chi connectivity index (χ3n) is 6.01. The van der Waals surface area contributed by atoms with Crippen LogP contribution in [0.25, 0.3) is 0 Å². The highest BCUT2D eigenvalue weighted by Crippen LogP contribution is 2.34. The highest BCUT2D eigenvalue weighted by molar-refractivity contribution is 6.27. The molecule has 0 bridgehead atoms. The van der Waals surface area contributed by atoms with Gasteiger partial charge in [-0.15, -0.1) is 11.6 Å². The average Bonchev–Trinajstić information content (AvgIpc) is 2.84. The zero-order chi connectivity index (χ0) is 24.5. The summed E-state index contributed by atoms with van der Waals surface area (Å²) >= 11 is 6.01. The molecule has 1 aliphatic carbocycles. The van der Waals surface area contributed by atoms with E-state index in [0.717, 1.165) is 31.2 Å². The summed E-state index contributed by atoms with van der Waals surface area (Å²) in [6, 6.07) is 14.3. The Morgan fingerprint density at radius 3 is 2.38 bits per heavy atom. The first-order valence-electron chi connectivity index (χ1n) is 12.0. The molecule has 2 aromatic carbocycles. The number of carbonyl (C=O) groups excluding carboxylic acids is 2. The largest absolute Gasteiger partial charge is 0.493 e. The number of methoxy groups -OCH3 is 1. The molecule has 7 heteroatoms. The first-order chi connectivity index (χ1) is 16.4. The highest BCUT2D eigenvalue weighted by atomic mass is 35.5. The van der Waals surface area contributed by atoms with Gasteiger partial charge in [0, 0.05) is 12.6 Å². The van der Waals surface area contributed by atoms with Gasteiger partial charge < -0.3 is 19.7 Å². The summed E-state index contributed by atoms with van der Waals surface area (Å²) < 4.78 is 11.4. The number of nitrogens with one attached hydrogen (secondary N) is 1. The van der Waals surface area contributed by atoms with Crippen LogP contribution in [-0.4, -0.2) is 41.8 Å². The molecule has 2 amide bonds. The lowest BCUT2D eigenvalue weighted by atomic mass is 9.94. The summed E-state index contributed by atoms with van der Waals surface area (Å²) in [5, 5.41) is 3.20. The van der Waals surface area contributed by atoms with Crippen molar-refractivity contribution in [2.24, 2.45) is 0 Å². The first kappa shape index (κ1) is 25.9. The molecule has 0 saturated heterocycles. The van der Waals surface area contributed by atoms with Gasteiger partial charge in [0.15, 0.2) is 11.5 Å². The molecular weight excluding hydrogens is 452 g/mol. The number of carbonyl (C=O) groups is 2. The topological polar surface area (TPSA) is 67.9 Å². The summed E-state index contributed by atoms with van der Waals surface area (Å²) in [5.41, 5.74) is 1.57. The Balaban J connectivity index is 2.00. The maximum absolute atomic E-state index is 13.7. The van der Waals surface area contributed by atoms with Gasteiger partial charge in [0.1, 0.15) is 11.9 Å². The van der Waals surface area contributed by atoms with Crippen molar-refractivity contribution >= 4 is 23.4 Å². The van der Waals surface area contributed by atoms with Crippen molar-refractivity contribution < 1.29 is 19.1 Å². The number of halogens is 1. The van der Waals surface area contributed by atoms with Crippen molar-refractivity contribution in [1.29, 1.82) is 0 Å². The van der Waals surface area contributed by atoms with E-state index in [-0.39, 0.29) is 36.4 Å². The van der Waals surface area contributed by atoms with Crippen LogP contribution in [0.5, 0.6) is 11.5 Å². The van der Waals surface area contributed by atoms with E-state index in [9.17, 15) is 9.59 Å². The quantitative estimate of drug-likeness (QED) is 0.466. The van der Waals surface area contributed by atoms with E-state index in [1.54, 1.807) is 24.1 Å². The Bertz CT molecular complexity index is 945. The minimum atomic E-state index is -0.851. The second-order valence-corrected chi connectivity index (χ2v) is 9.23. The number of ether oxygens (including phenoxy) is 2. The fraction of sp³-hybridized carbons (Fsp3) is 0.481. The Morgan fingerprint density at radius 2 is 1.76 bits per heavy atom. The van der Waals surface area contributed by atoms with Crippen LogP contribution in [0.3, 0.4) is 0 Å². The van der Waals surface area contributed by atoms with E-state index >= 15 is 0 Å². The van der Waals surface area contributed by atoms with Gasteiger partial charge >= 0.3 is 0 Å². The Kier molecular flexibility index (Phi) is 9.63. The summed E-state index contributed by atoms with van der Waals surface area (Å²) in [7, 11) is 1.56. The van der Waals surface area contributed by atoms with E-state index in [4.69, 9.17) is 21.1 Å². The van der Waals surface area contributed by atoms with E-state index in [0.29, 0.717) is 17.1 Å². The molecule has 2 aromatic rings. The Hall–Kier alpha value is -2.73. The summed E-state index contributed by atoms with van der Waals surface area (Å²) in [6.45, 7) is 4.14. The number of hydrogen-bond donors (Lipinski definition) is 1. The van der Waals surface area contributed by atoms with Crippen molar-refractivity contribution in [3.8, 4) is 11.5 Å². The van der Waals surface area contributed by atoms with Crippen molar-refractivity contribution in [1.82, 2.24) is 10.2 Å². The molecule has 0 heterocycles. The van der Waals surface area contributed by atoms with Gasteiger partial charge in [-0.3, -0.25) is 9.59 Å². The lowest BCUT2D eigenvalue weighted by Crippen LogP contribution is -2.47. The minimum Gasteiger partial charge on any atom is -0.493 e. The van der Waals surface area contributed by atoms with Crippen molar-refractivity contribution in [3.05, 3.63) is 59.7 Å². The normalized spacial score (nSPS) is 15.0. The maximum atomic E-state index is 13.7. The van der Waals surface area contributed by atoms with Crippen molar-refractivity contribution in [3.63, 3.8) is 0 Å². The van der Waals surface area contributed by atoms with E-state index < -0.39 is 6.04 Å². The van der Waals surface area contributed by atoms with E-state index in [1.807, 2.05) is 50.2 Å². The standard InChI is InChI=1S/C27H35ClN2O4/c1-19(2)34-23-15-14-21(16-24(23)33-3)26(27(32)29-22-12-8-5-9-13-22)30(25(31)17-28)18-20-10-6-4-7-11-20/h4,6-7,10-11,14-16,19,22,26H,5,8-9,12-13,17-18H2,1-3H3,(H,29,32). The third kappa shape index (κ3) is 6.89. The molecule has 0 spiro atoms. The SMILES string of the molecule is COc1cc(C(C(=O)NC2CCCCC2)N(Cc2ccccc2)C(=O)CCl)ccc1OC(C)C. The molecular formula is C27H35ClN2O4.